The van der Waals surface area contributed by atoms with Gasteiger partial charge in [0.1, 0.15) is 17.1 Å². The third-order valence-electron chi connectivity index (χ3n) is 6.93. The van der Waals surface area contributed by atoms with Crippen LogP contribution in [-0.2, 0) is 12.8 Å². The molecule has 0 amide bonds. The van der Waals surface area contributed by atoms with E-state index in [2.05, 4.69) is 25.4 Å². The minimum absolute atomic E-state index is 0.165. The summed E-state index contributed by atoms with van der Waals surface area (Å²) in [5.41, 5.74) is 4.08. The molecule has 0 aromatic carbocycles. The number of anilines is 1. The van der Waals surface area contributed by atoms with E-state index >= 15 is 0 Å². The maximum Gasteiger partial charge on any atom is 0.152 e. The Labute approximate surface area is 177 Å². The Kier molecular flexibility index (Phi) is 4.90. The molecule has 0 radical (unpaired) electrons. The SMILES string of the molecule is Cc1cnc(-c2nnc(NC3CCCN(C4CC(C)(O)C4)C3)c3c2CCC3)c(O)c1. The van der Waals surface area contributed by atoms with Gasteiger partial charge in [-0.15, -0.1) is 10.2 Å². The van der Waals surface area contributed by atoms with E-state index in [4.69, 9.17) is 0 Å². The zero-order valence-electron chi connectivity index (χ0n) is 17.9. The summed E-state index contributed by atoms with van der Waals surface area (Å²) >= 11 is 0. The second kappa shape index (κ2) is 7.46. The first-order valence-electron chi connectivity index (χ1n) is 11.2. The number of fused-ring (bicyclic) bond motifs is 1. The van der Waals surface area contributed by atoms with Crippen molar-refractivity contribution in [3.63, 3.8) is 0 Å². The molecule has 160 valence electrons. The van der Waals surface area contributed by atoms with Crippen LogP contribution >= 0.6 is 0 Å². The predicted octanol–water partition coefficient (Wildman–Crippen LogP) is 2.83. The van der Waals surface area contributed by atoms with Gasteiger partial charge in [-0.05, 0) is 82.5 Å². The Morgan fingerprint density at radius 1 is 1.13 bits per heavy atom. The Morgan fingerprint density at radius 2 is 1.93 bits per heavy atom. The second-order valence-electron chi connectivity index (χ2n) is 9.63. The summed E-state index contributed by atoms with van der Waals surface area (Å²) in [6.45, 7) is 5.95. The van der Waals surface area contributed by atoms with Crippen molar-refractivity contribution in [3.8, 4) is 17.1 Å². The maximum absolute atomic E-state index is 10.4. The fourth-order valence-corrected chi connectivity index (χ4v) is 5.39. The molecule has 0 spiro atoms. The fourth-order valence-electron chi connectivity index (χ4n) is 5.39. The van der Waals surface area contributed by atoms with Crippen molar-refractivity contribution in [3.05, 3.63) is 29.0 Å². The highest BCUT2D eigenvalue weighted by molar-refractivity contribution is 5.70. The quantitative estimate of drug-likeness (QED) is 0.715. The minimum atomic E-state index is -0.483. The molecule has 2 aromatic heterocycles. The molecule has 1 aliphatic heterocycles. The molecule has 3 aliphatic rings. The topological polar surface area (TPSA) is 94.4 Å². The fraction of sp³-hybridized carbons (Fsp3) is 0.609. The van der Waals surface area contributed by atoms with E-state index in [9.17, 15) is 10.2 Å². The molecule has 2 aliphatic carbocycles. The summed E-state index contributed by atoms with van der Waals surface area (Å²) in [5, 5.41) is 33.2. The van der Waals surface area contributed by atoms with Gasteiger partial charge in [-0.1, -0.05) is 0 Å². The van der Waals surface area contributed by atoms with E-state index < -0.39 is 5.60 Å². The van der Waals surface area contributed by atoms with E-state index in [0.29, 0.717) is 23.5 Å². The maximum atomic E-state index is 10.4. The number of hydrogen-bond acceptors (Lipinski definition) is 7. The van der Waals surface area contributed by atoms with Crippen LogP contribution in [0.5, 0.6) is 5.75 Å². The number of rotatable bonds is 4. The van der Waals surface area contributed by atoms with Crippen molar-refractivity contribution in [2.24, 2.45) is 0 Å². The molecule has 2 fully saturated rings. The first kappa shape index (κ1) is 19.7. The molecule has 7 heteroatoms. The lowest BCUT2D eigenvalue weighted by Gasteiger charge is -2.49. The van der Waals surface area contributed by atoms with Gasteiger partial charge >= 0.3 is 0 Å². The van der Waals surface area contributed by atoms with Crippen molar-refractivity contribution in [1.82, 2.24) is 20.1 Å². The van der Waals surface area contributed by atoms with Crippen molar-refractivity contribution in [1.29, 1.82) is 0 Å². The zero-order valence-corrected chi connectivity index (χ0v) is 17.9. The highest BCUT2D eigenvalue weighted by atomic mass is 16.3. The third-order valence-corrected chi connectivity index (χ3v) is 6.93. The highest BCUT2D eigenvalue weighted by Crippen LogP contribution is 2.38. The average Bonchev–Trinajstić information content (AvgIpc) is 3.18. The van der Waals surface area contributed by atoms with Gasteiger partial charge in [0.15, 0.2) is 5.82 Å². The van der Waals surface area contributed by atoms with Gasteiger partial charge in [0.05, 0.1) is 5.60 Å². The van der Waals surface area contributed by atoms with Crippen molar-refractivity contribution >= 4 is 5.82 Å². The molecule has 3 heterocycles. The number of aromatic hydroxyl groups is 1. The standard InChI is InChI=1S/C23H31N5O2/c1-14-9-19(29)21(24-12-14)20-17-6-3-7-18(17)22(27-26-20)25-15-5-4-8-28(13-15)16-10-23(2,30)11-16/h9,12,15-16,29-30H,3-8,10-11,13H2,1-2H3,(H,25,27). The zero-order chi connectivity index (χ0) is 20.9. The van der Waals surface area contributed by atoms with E-state index in [1.165, 1.54) is 11.1 Å². The molecule has 1 saturated carbocycles. The summed E-state index contributed by atoms with van der Waals surface area (Å²) in [6, 6.07) is 2.57. The molecule has 0 bridgehead atoms. The Morgan fingerprint density at radius 3 is 2.70 bits per heavy atom. The lowest BCUT2D eigenvalue weighted by molar-refractivity contribution is -0.0823. The normalized spacial score (nSPS) is 28.8. The number of piperidine rings is 1. The lowest BCUT2D eigenvalue weighted by atomic mass is 9.76. The van der Waals surface area contributed by atoms with Crippen molar-refractivity contribution in [2.45, 2.75) is 76.5 Å². The molecule has 1 saturated heterocycles. The molecule has 1 unspecified atom stereocenters. The summed E-state index contributed by atoms with van der Waals surface area (Å²) in [5.74, 6) is 1.06. The lowest BCUT2D eigenvalue weighted by Crippen LogP contribution is -2.57. The first-order chi connectivity index (χ1) is 14.4. The van der Waals surface area contributed by atoms with E-state index in [-0.39, 0.29) is 5.75 Å². The van der Waals surface area contributed by atoms with Crippen LogP contribution in [0, 0.1) is 6.92 Å². The molecule has 5 rings (SSSR count). The Balaban J connectivity index is 1.35. The summed E-state index contributed by atoms with van der Waals surface area (Å²) in [7, 11) is 0. The van der Waals surface area contributed by atoms with Crippen LogP contribution in [0.3, 0.4) is 0 Å². The summed E-state index contributed by atoms with van der Waals surface area (Å²) in [4.78, 5) is 6.95. The number of aliphatic hydroxyl groups is 1. The number of nitrogens with one attached hydrogen (secondary N) is 1. The van der Waals surface area contributed by atoms with Gasteiger partial charge in [-0.2, -0.15) is 0 Å². The van der Waals surface area contributed by atoms with Crippen LogP contribution in [0.4, 0.5) is 5.82 Å². The van der Waals surface area contributed by atoms with Crippen LogP contribution in [0.2, 0.25) is 0 Å². The number of hydrogen-bond donors (Lipinski definition) is 3. The van der Waals surface area contributed by atoms with Gasteiger partial charge < -0.3 is 15.5 Å². The molecule has 2 aromatic rings. The van der Waals surface area contributed by atoms with Crippen molar-refractivity contribution < 1.29 is 10.2 Å². The smallest absolute Gasteiger partial charge is 0.152 e. The second-order valence-corrected chi connectivity index (χ2v) is 9.63. The molecular formula is C23H31N5O2. The Bertz CT molecular complexity index is 953. The highest BCUT2D eigenvalue weighted by Gasteiger charge is 2.42. The molecule has 3 N–H and O–H groups in total. The van der Waals surface area contributed by atoms with Crippen molar-refractivity contribution in [2.75, 3.05) is 18.4 Å². The largest absolute Gasteiger partial charge is 0.506 e. The molecule has 30 heavy (non-hydrogen) atoms. The van der Waals surface area contributed by atoms with Crippen LogP contribution in [0.15, 0.2) is 12.3 Å². The van der Waals surface area contributed by atoms with Crippen LogP contribution < -0.4 is 5.32 Å². The Hall–Kier alpha value is -2.25. The summed E-state index contributed by atoms with van der Waals surface area (Å²) in [6.07, 6.45) is 8.78. The number of likely N-dealkylation sites (tertiary alicyclic amines) is 1. The van der Waals surface area contributed by atoms with Gasteiger partial charge in [-0.3, -0.25) is 9.88 Å². The van der Waals surface area contributed by atoms with Gasteiger partial charge in [0, 0.05) is 30.4 Å². The number of nitrogens with zero attached hydrogens (tertiary/aromatic N) is 4. The predicted molar refractivity (Wildman–Crippen MR) is 116 cm³/mol. The minimum Gasteiger partial charge on any atom is -0.506 e. The van der Waals surface area contributed by atoms with Crippen LogP contribution in [0.1, 0.15) is 55.7 Å². The van der Waals surface area contributed by atoms with E-state index in [1.807, 2.05) is 13.8 Å². The third kappa shape index (κ3) is 3.65. The van der Waals surface area contributed by atoms with Gasteiger partial charge in [-0.25, -0.2) is 0 Å². The first-order valence-corrected chi connectivity index (χ1v) is 11.2. The average molecular weight is 410 g/mol. The number of aryl methyl sites for hydroxylation is 1. The van der Waals surface area contributed by atoms with Crippen LogP contribution in [0.25, 0.3) is 11.4 Å². The number of aromatic nitrogens is 3. The van der Waals surface area contributed by atoms with Gasteiger partial charge in [0.2, 0.25) is 0 Å². The molecular weight excluding hydrogens is 378 g/mol. The van der Waals surface area contributed by atoms with Crippen LogP contribution in [-0.4, -0.2) is 61.1 Å². The van der Waals surface area contributed by atoms with E-state index in [0.717, 1.165) is 69.4 Å². The summed E-state index contributed by atoms with van der Waals surface area (Å²) < 4.78 is 0. The number of pyridine rings is 1. The van der Waals surface area contributed by atoms with E-state index in [1.54, 1.807) is 12.3 Å². The molecule has 1 atom stereocenters. The monoisotopic (exact) mass is 409 g/mol. The molecule has 7 nitrogen and oxygen atoms in total. The van der Waals surface area contributed by atoms with Gasteiger partial charge in [0.25, 0.3) is 0 Å².